The maximum Gasteiger partial charge on any atom is 0.338 e. The van der Waals surface area contributed by atoms with Gasteiger partial charge in [0, 0.05) is 5.56 Å². The highest BCUT2D eigenvalue weighted by Gasteiger charge is 2.21. The van der Waals surface area contributed by atoms with Crippen LogP contribution >= 0.6 is 0 Å². The van der Waals surface area contributed by atoms with Crippen molar-refractivity contribution >= 4 is 11.9 Å². The van der Waals surface area contributed by atoms with Crippen molar-refractivity contribution in [1.29, 1.82) is 0 Å². The lowest BCUT2D eigenvalue weighted by Gasteiger charge is -2.15. The Balaban J connectivity index is 2.78. The molecule has 0 aliphatic heterocycles. The normalized spacial score (nSPS) is 10.3. The van der Waals surface area contributed by atoms with Crippen LogP contribution in [-0.4, -0.2) is 23.7 Å². The molecule has 0 saturated heterocycles. The number of carbonyl (C=O) groups excluding carboxylic acids is 1. The fourth-order valence-electron chi connectivity index (χ4n) is 2.40. The Morgan fingerprint density at radius 2 is 1.77 bits per heavy atom. The number of rotatable bonds is 4. The topological polar surface area (TPSA) is 63.6 Å². The predicted octanol–water partition coefficient (Wildman–Crippen LogP) is 3.85. The summed E-state index contributed by atoms with van der Waals surface area (Å²) in [4.78, 5) is 23.8. The van der Waals surface area contributed by atoms with Crippen LogP contribution < -0.4 is 0 Å². The SMILES string of the molecule is CCOC(=O)c1cccc(C(=O)O)c1-c1cc(C)ccc1C. The van der Waals surface area contributed by atoms with Gasteiger partial charge in [-0.1, -0.05) is 29.8 Å². The summed E-state index contributed by atoms with van der Waals surface area (Å²) in [5.41, 5.74) is 3.42. The lowest BCUT2D eigenvalue weighted by atomic mass is 9.90. The van der Waals surface area contributed by atoms with Crippen LogP contribution in [0.25, 0.3) is 11.1 Å². The van der Waals surface area contributed by atoms with Gasteiger partial charge in [0.2, 0.25) is 0 Å². The number of aryl methyl sites for hydroxylation is 2. The molecule has 0 unspecified atom stereocenters. The molecule has 4 heteroatoms. The minimum atomic E-state index is -1.07. The molecular formula is C18H18O4. The van der Waals surface area contributed by atoms with Crippen molar-refractivity contribution in [1.82, 2.24) is 0 Å². The molecule has 0 saturated carbocycles. The average molecular weight is 298 g/mol. The second-order valence-electron chi connectivity index (χ2n) is 5.07. The second kappa shape index (κ2) is 6.43. The molecule has 4 nitrogen and oxygen atoms in total. The van der Waals surface area contributed by atoms with Gasteiger partial charge >= 0.3 is 11.9 Å². The van der Waals surface area contributed by atoms with E-state index in [9.17, 15) is 14.7 Å². The van der Waals surface area contributed by atoms with Gasteiger partial charge < -0.3 is 9.84 Å². The van der Waals surface area contributed by atoms with Crippen LogP contribution in [0.5, 0.6) is 0 Å². The summed E-state index contributed by atoms with van der Waals surface area (Å²) in [7, 11) is 0. The molecule has 0 amide bonds. The number of carboxylic acids is 1. The molecule has 0 spiro atoms. The van der Waals surface area contributed by atoms with Crippen LogP contribution in [-0.2, 0) is 4.74 Å². The quantitative estimate of drug-likeness (QED) is 0.871. The number of hydrogen-bond acceptors (Lipinski definition) is 3. The summed E-state index contributed by atoms with van der Waals surface area (Å²) in [6.45, 7) is 5.78. The van der Waals surface area contributed by atoms with Crippen molar-refractivity contribution in [3.63, 3.8) is 0 Å². The molecule has 114 valence electrons. The molecule has 22 heavy (non-hydrogen) atoms. The van der Waals surface area contributed by atoms with E-state index in [0.29, 0.717) is 5.56 Å². The molecule has 1 N–H and O–H groups in total. The number of hydrogen-bond donors (Lipinski definition) is 1. The van der Waals surface area contributed by atoms with E-state index in [1.165, 1.54) is 6.07 Å². The monoisotopic (exact) mass is 298 g/mol. The first-order valence-corrected chi connectivity index (χ1v) is 7.06. The maximum atomic E-state index is 12.2. The molecule has 0 aliphatic rings. The zero-order chi connectivity index (χ0) is 16.3. The molecule has 0 bridgehead atoms. The summed E-state index contributed by atoms with van der Waals surface area (Å²) < 4.78 is 5.06. The Labute approximate surface area is 129 Å². The average Bonchev–Trinajstić information content (AvgIpc) is 2.49. The minimum Gasteiger partial charge on any atom is -0.478 e. The fraction of sp³-hybridized carbons (Fsp3) is 0.222. The summed E-state index contributed by atoms with van der Waals surface area (Å²) in [5.74, 6) is -1.58. The van der Waals surface area contributed by atoms with Gasteiger partial charge in [0.15, 0.2) is 0 Å². The van der Waals surface area contributed by atoms with Gasteiger partial charge in [0.25, 0.3) is 0 Å². The first-order chi connectivity index (χ1) is 10.5. The van der Waals surface area contributed by atoms with Crippen molar-refractivity contribution in [3.8, 4) is 11.1 Å². The second-order valence-corrected chi connectivity index (χ2v) is 5.07. The van der Waals surface area contributed by atoms with Crippen LogP contribution in [0, 0.1) is 13.8 Å². The number of carboxylic acid groups (broad SMARTS) is 1. The number of ether oxygens (including phenoxy) is 1. The largest absolute Gasteiger partial charge is 0.478 e. The van der Waals surface area contributed by atoms with Crippen molar-refractivity contribution < 1.29 is 19.4 Å². The van der Waals surface area contributed by atoms with Gasteiger partial charge in [-0.25, -0.2) is 9.59 Å². The molecule has 0 aromatic heterocycles. The summed E-state index contributed by atoms with van der Waals surface area (Å²) in [6.07, 6.45) is 0. The van der Waals surface area contributed by atoms with Crippen molar-refractivity contribution in [2.24, 2.45) is 0 Å². The highest BCUT2D eigenvalue weighted by molar-refractivity contribution is 6.05. The Bertz CT molecular complexity index is 732. The minimum absolute atomic E-state index is 0.0965. The molecule has 0 aliphatic carbocycles. The molecule has 2 aromatic rings. The van der Waals surface area contributed by atoms with E-state index in [4.69, 9.17) is 4.74 Å². The Morgan fingerprint density at radius 3 is 2.41 bits per heavy atom. The lowest BCUT2D eigenvalue weighted by Crippen LogP contribution is -2.10. The van der Waals surface area contributed by atoms with Crippen LogP contribution in [0.3, 0.4) is 0 Å². The summed E-state index contributed by atoms with van der Waals surface area (Å²) in [6, 6.07) is 10.4. The lowest BCUT2D eigenvalue weighted by molar-refractivity contribution is 0.0527. The third-order valence-electron chi connectivity index (χ3n) is 3.45. The third-order valence-corrected chi connectivity index (χ3v) is 3.45. The zero-order valence-electron chi connectivity index (χ0n) is 12.8. The predicted molar refractivity (Wildman–Crippen MR) is 84.3 cm³/mol. The van der Waals surface area contributed by atoms with E-state index >= 15 is 0 Å². The van der Waals surface area contributed by atoms with Gasteiger partial charge in [0.05, 0.1) is 17.7 Å². The van der Waals surface area contributed by atoms with Crippen molar-refractivity contribution in [2.45, 2.75) is 20.8 Å². The van der Waals surface area contributed by atoms with Crippen LogP contribution in [0.1, 0.15) is 38.8 Å². The van der Waals surface area contributed by atoms with E-state index in [1.807, 2.05) is 32.0 Å². The van der Waals surface area contributed by atoms with Gasteiger partial charge in [-0.05, 0) is 44.0 Å². The highest BCUT2D eigenvalue weighted by atomic mass is 16.5. The highest BCUT2D eigenvalue weighted by Crippen LogP contribution is 2.32. The van der Waals surface area contributed by atoms with E-state index in [1.54, 1.807) is 19.1 Å². The third kappa shape index (κ3) is 3.01. The Kier molecular flexibility index (Phi) is 4.61. The van der Waals surface area contributed by atoms with Gasteiger partial charge in [-0.15, -0.1) is 0 Å². The first-order valence-electron chi connectivity index (χ1n) is 7.06. The van der Waals surface area contributed by atoms with Gasteiger partial charge in [-0.3, -0.25) is 0 Å². The van der Waals surface area contributed by atoms with E-state index < -0.39 is 11.9 Å². The number of aromatic carboxylic acids is 1. The van der Waals surface area contributed by atoms with Crippen molar-refractivity contribution in [2.75, 3.05) is 6.61 Å². The number of carbonyl (C=O) groups is 2. The molecule has 2 rings (SSSR count). The molecular weight excluding hydrogens is 280 g/mol. The van der Waals surface area contributed by atoms with Crippen molar-refractivity contribution in [3.05, 3.63) is 58.7 Å². The molecule has 0 atom stereocenters. The van der Waals surface area contributed by atoms with E-state index in [0.717, 1.165) is 16.7 Å². The summed E-state index contributed by atoms with van der Waals surface area (Å²) in [5, 5.41) is 9.47. The number of benzene rings is 2. The van der Waals surface area contributed by atoms with Crippen LogP contribution in [0.2, 0.25) is 0 Å². The Morgan fingerprint density at radius 1 is 1.09 bits per heavy atom. The van der Waals surface area contributed by atoms with E-state index in [2.05, 4.69) is 0 Å². The fourth-order valence-corrected chi connectivity index (χ4v) is 2.40. The number of esters is 1. The smallest absolute Gasteiger partial charge is 0.338 e. The Hall–Kier alpha value is -2.62. The van der Waals surface area contributed by atoms with E-state index in [-0.39, 0.29) is 17.7 Å². The maximum absolute atomic E-state index is 12.2. The van der Waals surface area contributed by atoms with Gasteiger partial charge in [0.1, 0.15) is 0 Å². The van der Waals surface area contributed by atoms with Crippen LogP contribution in [0.15, 0.2) is 36.4 Å². The zero-order valence-corrected chi connectivity index (χ0v) is 12.8. The first kappa shape index (κ1) is 15.8. The van der Waals surface area contributed by atoms with Crippen LogP contribution in [0.4, 0.5) is 0 Å². The molecule has 0 radical (unpaired) electrons. The standard InChI is InChI=1S/C18H18O4/c1-4-22-18(21)14-7-5-6-13(17(19)20)16(14)15-10-11(2)8-9-12(15)3/h5-10H,4H2,1-3H3,(H,19,20). The molecule has 0 heterocycles. The molecule has 2 aromatic carbocycles. The summed E-state index contributed by atoms with van der Waals surface area (Å²) >= 11 is 0. The van der Waals surface area contributed by atoms with Gasteiger partial charge in [-0.2, -0.15) is 0 Å². The molecule has 0 fully saturated rings.